The van der Waals surface area contributed by atoms with E-state index in [0.717, 1.165) is 58.2 Å². The number of carbonyl (C=O) groups excluding carboxylic acids is 1. The number of aromatic amines is 1. The van der Waals surface area contributed by atoms with Gasteiger partial charge in [-0.25, -0.2) is 9.78 Å². The maximum Gasteiger partial charge on any atom is 0.407 e. The molecule has 0 radical (unpaired) electrons. The van der Waals surface area contributed by atoms with Crippen LogP contribution in [0.5, 0.6) is 0 Å². The van der Waals surface area contributed by atoms with Gasteiger partial charge >= 0.3 is 6.09 Å². The Morgan fingerprint density at radius 2 is 1.90 bits per heavy atom. The van der Waals surface area contributed by atoms with Crippen molar-refractivity contribution in [3.63, 3.8) is 0 Å². The van der Waals surface area contributed by atoms with Crippen molar-refractivity contribution in [3.05, 3.63) is 94.3 Å². The highest BCUT2D eigenvalue weighted by atomic mass is 16.4. The topological polar surface area (TPSA) is 110 Å². The van der Waals surface area contributed by atoms with Crippen molar-refractivity contribution >= 4 is 28.7 Å². The molecule has 3 unspecified atom stereocenters. The fourth-order valence-electron chi connectivity index (χ4n) is 6.03. The minimum absolute atomic E-state index is 0.0836. The molecule has 0 aliphatic carbocycles. The first-order valence-electron chi connectivity index (χ1n) is 13.5. The Kier molecular flexibility index (Phi) is 6.56. The number of hydrogen-bond donors (Lipinski definition) is 4. The predicted molar refractivity (Wildman–Crippen MR) is 151 cm³/mol. The summed E-state index contributed by atoms with van der Waals surface area (Å²) in [4.78, 5) is 35.3. The highest BCUT2D eigenvalue weighted by Gasteiger charge is 2.41. The SMILES string of the molecule is Cc1cc2nc(C3C(=O)Nc4cccc(Cc5ccccc5)c4C3NC3CCCN(C(=O)O)C3)[nH]c2cc1C. The van der Waals surface area contributed by atoms with E-state index in [0.29, 0.717) is 18.9 Å². The van der Waals surface area contributed by atoms with E-state index in [1.54, 1.807) is 0 Å². The molecule has 8 heteroatoms. The summed E-state index contributed by atoms with van der Waals surface area (Å²) in [5, 5.41) is 16.5. The second-order valence-electron chi connectivity index (χ2n) is 10.8. The number of rotatable bonds is 5. The third-order valence-corrected chi connectivity index (χ3v) is 8.14. The predicted octanol–water partition coefficient (Wildman–Crippen LogP) is 5.28. The molecule has 2 amide bonds. The fraction of sp³-hybridized carbons (Fsp3) is 0.323. The Balaban J connectivity index is 1.45. The van der Waals surface area contributed by atoms with Gasteiger partial charge in [-0.3, -0.25) is 4.79 Å². The zero-order chi connectivity index (χ0) is 27.1. The molecule has 200 valence electrons. The highest BCUT2D eigenvalue weighted by Crippen LogP contribution is 2.42. The average Bonchev–Trinajstić information content (AvgIpc) is 3.31. The Bertz CT molecular complexity index is 1510. The van der Waals surface area contributed by atoms with Gasteiger partial charge in [-0.1, -0.05) is 42.5 Å². The Morgan fingerprint density at radius 1 is 1.10 bits per heavy atom. The lowest BCUT2D eigenvalue weighted by Crippen LogP contribution is -2.51. The van der Waals surface area contributed by atoms with E-state index in [-0.39, 0.29) is 18.0 Å². The average molecular weight is 524 g/mol. The standard InChI is InChI=1S/C31H33N5O3/c1-18-14-24-25(15-19(18)2)34-29(33-24)27-28(32-22-11-7-13-36(17-22)31(38)39)26-21(16-20-8-4-3-5-9-20)10-6-12-23(26)35-30(27)37/h3-6,8-10,12,14-15,22,27-28,32H,7,11,13,16-17H2,1-2H3,(H,33,34)(H,35,37)(H,38,39). The lowest BCUT2D eigenvalue weighted by atomic mass is 9.82. The summed E-state index contributed by atoms with van der Waals surface area (Å²) >= 11 is 0. The van der Waals surface area contributed by atoms with Crippen molar-refractivity contribution in [1.82, 2.24) is 20.2 Å². The lowest BCUT2D eigenvalue weighted by molar-refractivity contribution is -0.118. The maximum absolute atomic E-state index is 13.7. The van der Waals surface area contributed by atoms with E-state index in [1.165, 1.54) is 10.5 Å². The summed E-state index contributed by atoms with van der Waals surface area (Å²) in [6, 6.07) is 20.0. The summed E-state index contributed by atoms with van der Waals surface area (Å²) in [6.07, 6.45) is 1.42. The number of amides is 2. The highest BCUT2D eigenvalue weighted by molar-refractivity contribution is 6.00. The van der Waals surface area contributed by atoms with Gasteiger partial charge in [0.1, 0.15) is 11.7 Å². The third-order valence-electron chi connectivity index (χ3n) is 8.14. The van der Waals surface area contributed by atoms with Gasteiger partial charge in [0.2, 0.25) is 5.91 Å². The summed E-state index contributed by atoms with van der Waals surface area (Å²) in [6.45, 7) is 5.04. The molecule has 2 aliphatic heterocycles. The number of carboxylic acid groups (broad SMARTS) is 1. The van der Waals surface area contributed by atoms with Crippen LogP contribution in [0.3, 0.4) is 0 Å². The van der Waals surface area contributed by atoms with Crippen LogP contribution in [0.1, 0.15) is 58.4 Å². The summed E-state index contributed by atoms with van der Waals surface area (Å²) < 4.78 is 0. The second kappa shape index (κ2) is 10.2. The summed E-state index contributed by atoms with van der Waals surface area (Å²) in [5.74, 6) is -0.131. The minimum Gasteiger partial charge on any atom is -0.465 e. The number of imidazole rings is 1. The number of benzene rings is 3. The first kappa shape index (κ1) is 25.1. The van der Waals surface area contributed by atoms with Crippen molar-refractivity contribution in [2.24, 2.45) is 0 Å². The van der Waals surface area contributed by atoms with E-state index in [2.05, 4.69) is 59.8 Å². The van der Waals surface area contributed by atoms with Gasteiger partial charge in [0, 0.05) is 24.8 Å². The molecular formula is C31H33N5O3. The first-order chi connectivity index (χ1) is 18.9. The number of piperidine rings is 1. The molecule has 4 aromatic rings. The molecule has 0 saturated carbocycles. The number of aryl methyl sites for hydroxylation is 2. The van der Waals surface area contributed by atoms with Crippen LogP contribution in [0.15, 0.2) is 60.7 Å². The lowest BCUT2D eigenvalue weighted by Gasteiger charge is -2.39. The summed E-state index contributed by atoms with van der Waals surface area (Å²) in [7, 11) is 0. The number of fused-ring (bicyclic) bond motifs is 2. The van der Waals surface area contributed by atoms with Gasteiger partial charge < -0.3 is 25.6 Å². The molecule has 2 aliphatic rings. The zero-order valence-corrected chi connectivity index (χ0v) is 22.2. The van der Waals surface area contributed by atoms with Crippen molar-refractivity contribution in [2.75, 3.05) is 18.4 Å². The molecule has 1 fully saturated rings. The van der Waals surface area contributed by atoms with Crippen LogP contribution >= 0.6 is 0 Å². The Morgan fingerprint density at radius 3 is 2.69 bits per heavy atom. The molecule has 3 atom stereocenters. The van der Waals surface area contributed by atoms with Gasteiger partial charge in [-0.05, 0) is 79.1 Å². The van der Waals surface area contributed by atoms with Crippen LogP contribution in [0.2, 0.25) is 0 Å². The van der Waals surface area contributed by atoms with Crippen LogP contribution in [-0.2, 0) is 11.2 Å². The van der Waals surface area contributed by atoms with Crippen molar-refractivity contribution in [3.8, 4) is 0 Å². The van der Waals surface area contributed by atoms with Gasteiger partial charge in [0.05, 0.1) is 17.1 Å². The van der Waals surface area contributed by atoms with Crippen LogP contribution in [0, 0.1) is 13.8 Å². The van der Waals surface area contributed by atoms with Gasteiger partial charge in [-0.15, -0.1) is 0 Å². The molecule has 8 nitrogen and oxygen atoms in total. The summed E-state index contributed by atoms with van der Waals surface area (Å²) in [5.41, 5.74) is 8.16. The third kappa shape index (κ3) is 4.88. The van der Waals surface area contributed by atoms with E-state index in [9.17, 15) is 14.7 Å². The molecule has 1 aromatic heterocycles. The van der Waals surface area contributed by atoms with Crippen molar-refractivity contribution in [2.45, 2.75) is 51.1 Å². The molecule has 3 heterocycles. The van der Waals surface area contributed by atoms with E-state index >= 15 is 0 Å². The molecule has 4 N–H and O–H groups in total. The van der Waals surface area contributed by atoms with E-state index < -0.39 is 12.0 Å². The number of H-pyrrole nitrogens is 1. The van der Waals surface area contributed by atoms with Crippen molar-refractivity contribution < 1.29 is 14.7 Å². The van der Waals surface area contributed by atoms with Crippen LogP contribution in [0.25, 0.3) is 11.0 Å². The number of hydrogen-bond acceptors (Lipinski definition) is 4. The normalized spacial score (nSPS) is 21.0. The van der Waals surface area contributed by atoms with E-state index in [4.69, 9.17) is 4.98 Å². The molecule has 39 heavy (non-hydrogen) atoms. The molecule has 3 aromatic carbocycles. The number of aromatic nitrogens is 2. The van der Waals surface area contributed by atoms with Crippen LogP contribution in [0.4, 0.5) is 10.5 Å². The van der Waals surface area contributed by atoms with Gasteiger partial charge in [0.25, 0.3) is 0 Å². The first-order valence-corrected chi connectivity index (χ1v) is 13.5. The number of nitrogens with one attached hydrogen (secondary N) is 3. The number of nitrogens with zero attached hydrogens (tertiary/aromatic N) is 2. The van der Waals surface area contributed by atoms with Gasteiger partial charge in [0.15, 0.2) is 0 Å². The molecular weight excluding hydrogens is 490 g/mol. The van der Waals surface area contributed by atoms with E-state index in [1.807, 2.05) is 30.3 Å². The van der Waals surface area contributed by atoms with Crippen LogP contribution in [-0.4, -0.2) is 51.1 Å². The monoisotopic (exact) mass is 523 g/mol. The largest absolute Gasteiger partial charge is 0.465 e. The smallest absolute Gasteiger partial charge is 0.407 e. The Hall–Kier alpha value is -4.17. The zero-order valence-electron chi connectivity index (χ0n) is 22.2. The number of likely N-dealkylation sites (tertiary alicyclic amines) is 1. The number of carbonyl (C=O) groups is 2. The molecule has 1 saturated heterocycles. The second-order valence-corrected chi connectivity index (χ2v) is 10.8. The fourth-order valence-corrected chi connectivity index (χ4v) is 6.03. The number of anilines is 1. The maximum atomic E-state index is 13.7. The quantitative estimate of drug-likeness (QED) is 0.285. The van der Waals surface area contributed by atoms with Crippen molar-refractivity contribution in [1.29, 1.82) is 0 Å². The van der Waals surface area contributed by atoms with Gasteiger partial charge in [-0.2, -0.15) is 0 Å². The minimum atomic E-state index is -0.910. The molecule has 6 rings (SSSR count). The molecule has 0 bridgehead atoms. The van der Waals surface area contributed by atoms with Crippen LogP contribution < -0.4 is 10.6 Å². The molecule has 0 spiro atoms. The Labute approximate surface area is 227 Å².